The molecule has 1 heterocycles. The summed E-state index contributed by atoms with van der Waals surface area (Å²) in [6.07, 6.45) is 0. The molecule has 1 aromatic carbocycles. The molecule has 18 heavy (non-hydrogen) atoms. The van der Waals surface area contributed by atoms with Gasteiger partial charge in [0.2, 0.25) is 0 Å². The van der Waals surface area contributed by atoms with Crippen LogP contribution in [0.2, 0.25) is 0 Å². The minimum Gasteiger partial charge on any atom is -0.395 e. The molecule has 0 saturated heterocycles. The average Bonchev–Trinajstić information content (AvgIpc) is 2.78. The van der Waals surface area contributed by atoms with E-state index in [1.807, 2.05) is 31.2 Å². The molecule has 96 valence electrons. The zero-order valence-electron chi connectivity index (χ0n) is 10.00. The van der Waals surface area contributed by atoms with Crippen molar-refractivity contribution in [1.29, 1.82) is 0 Å². The highest BCUT2D eigenvalue weighted by molar-refractivity contribution is 7.84. The van der Waals surface area contributed by atoms with Crippen LogP contribution in [0.3, 0.4) is 0 Å². The van der Waals surface area contributed by atoms with Crippen LogP contribution >= 0.6 is 0 Å². The summed E-state index contributed by atoms with van der Waals surface area (Å²) < 4.78 is 16.6. The third kappa shape index (κ3) is 3.02. The third-order valence-electron chi connectivity index (χ3n) is 2.45. The smallest absolute Gasteiger partial charge is 0.258 e. The lowest BCUT2D eigenvalue weighted by atomic mass is 10.1. The summed E-state index contributed by atoms with van der Waals surface area (Å²) in [4.78, 5) is 4.21. The molecular formula is C12H14N2O3S. The van der Waals surface area contributed by atoms with Crippen molar-refractivity contribution in [2.45, 2.75) is 12.7 Å². The summed E-state index contributed by atoms with van der Waals surface area (Å²) in [5, 5.41) is 12.5. The van der Waals surface area contributed by atoms with E-state index in [-0.39, 0.29) is 18.1 Å². The van der Waals surface area contributed by atoms with Crippen LogP contribution in [0.5, 0.6) is 0 Å². The van der Waals surface area contributed by atoms with E-state index < -0.39 is 10.8 Å². The highest BCUT2D eigenvalue weighted by atomic mass is 32.2. The van der Waals surface area contributed by atoms with Crippen LogP contribution in [0.1, 0.15) is 11.4 Å². The first-order chi connectivity index (χ1) is 8.70. The van der Waals surface area contributed by atoms with Crippen molar-refractivity contribution < 1.29 is 13.8 Å². The van der Waals surface area contributed by atoms with Crippen molar-refractivity contribution in [3.05, 3.63) is 35.7 Å². The van der Waals surface area contributed by atoms with E-state index in [0.717, 1.165) is 11.1 Å². The lowest BCUT2D eigenvalue weighted by Gasteiger charge is -1.97. The molecule has 0 aliphatic rings. The highest BCUT2D eigenvalue weighted by Crippen LogP contribution is 2.21. The van der Waals surface area contributed by atoms with Crippen molar-refractivity contribution >= 4 is 10.8 Å². The molecule has 2 aromatic rings. The fraction of sp³-hybridized carbons (Fsp3) is 0.333. The number of rotatable bonds is 5. The first-order valence-corrected chi connectivity index (χ1v) is 7.04. The maximum Gasteiger partial charge on any atom is 0.258 e. The summed E-state index contributed by atoms with van der Waals surface area (Å²) in [6.45, 7) is 1.86. The topological polar surface area (TPSA) is 76.2 Å². The first-order valence-electron chi connectivity index (χ1n) is 5.55. The molecule has 5 nitrogen and oxygen atoms in total. The van der Waals surface area contributed by atoms with Gasteiger partial charge in [0.05, 0.1) is 12.4 Å². The Morgan fingerprint density at radius 1 is 1.39 bits per heavy atom. The maximum atomic E-state index is 11.5. The number of hydrogen-bond acceptors (Lipinski definition) is 5. The minimum atomic E-state index is -1.15. The summed E-state index contributed by atoms with van der Waals surface area (Å²) in [5.74, 6) is 1.27. The Hall–Kier alpha value is -1.53. The normalized spacial score (nSPS) is 12.6. The lowest BCUT2D eigenvalue weighted by Crippen LogP contribution is -2.05. The number of nitrogens with zero attached hydrogens (tertiary/aromatic N) is 2. The van der Waals surface area contributed by atoms with Gasteiger partial charge in [0.25, 0.3) is 5.89 Å². The largest absolute Gasteiger partial charge is 0.395 e. The molecular weight excluding hydrogens is 252 g/mol. The van der Waals surface area contributed by atoms with E-state index in [0.29, 0.717) is 11.7 Å². The third-order valence-corrected chi connectivity index (χ3v) is 3.67. The molecule has 1 unspecified atom stereocenters. The number of benzene rings is 1. The monoisotopic (exact) mass is 266 g/mol. The lowest BCUT2D eigenvalue weighted by molar-refractivity contribution is 0.321. The second-order valence-corrected chi connectivity index (χ2v) is 5.42. The number of aliphatic hydroxyl groups excluding tert-OH is 1. The van der Waals surface area contributed by atoms with Gasteiger partial charge >= 0.3 is 0 Å². The van der Waals surface area contributed by atoms with Gasteiger partial charge < -0.3 is 9.63 Å². The standard InChI is InChI=1S/C12H14N2O3S/c1-9-4-2-3-5-10(9)12-13-11(14-17-12)8-18(16)7-6-15/h2-5,15H,6-8H2,1H3. The van der Waals surface area contributed by atoms with Gasteiger partial charge in [0, 0.05) is 22.1 Å². The quantitative estimate of drug-likeness (QED) is 0.882. The predicted molar refractivity (Wildman–Crippen MR) is 68.3 cm³/mol. The van der Waals surface area contributed by atoms with E-state index in [9.17, 15) is 4.21 Å². The van der Waals surface area contributed by atoms with Crippen molar-refractivity contribution in [2.24, 2.45) is 0 Å². The summed E-state index contributed by atoms with van der Waals surface area (Å²) in [6, 6.07) is 7.70. The van der Waals surface area contributed by atoms with Crippen LogP contribution < -0.4 is 0 Å². The summed E-state index contributed by atoms with van der Waals surface area (Å²) >= 11 is 0. The Bertz CT molecular complexity index is 554. The molecule has 0 saturated carbocycles. The van der Waals surface area contributed by atoms with Crippen LogP contribution in [-0.2, 0) is 16.6 Å². The summed E-state index contributed by atoms with van der Waals surface area (Å²) in [7, 11) is -1.15. The zero-order valence-corrected chi connectivity index (χ0v) is 10.8. The fourth-order valence-corrected chi connectivity index (χ4v) is 2.31. The SMILES string of the molecule is Cc1ccccc1-c1nc(CS(=O)CCO)no1. The number of aliphatic hydroxyl groups is 1. The number of aromatic nitrogens is 2. The van der Waals surface area contributed by atoms with E-state index in [4.69, 9.17) is 9.63 Å². The Balaban J connectivity index is 2.16. The molecule has 1 N–H and O–H groups in total. The zero-order chi connectivity index (χ0) is 13.0. The van der Waals surface area contributed by atoms with Gasteiger partial charge in [-0.3, -0.25) is 4.21 Å². The van der Waals surface area contributed by atoms with E-state index >= 15 is 0 Å². The van der Waals surface area contributed by atoms with Gasteiger partial charge in [-0.25, -0.2) is 0 Å². The molecule has 0 spiro atoms. The van der Waals surface area contributed by atoms with Crippen LogP contribution in [0, 0.1) is 6.92 Å². The average molecular weight is 266 g/mol. The molecule has 6 heteroatoms. The van der Waals surface area contributed by atoms with Crippen molar-refractivity contribution in [2.75, 3.05) is 12.4 Å². The molecule has 0 amide bonds. The summed E-state index contributed by atoms with van der Waals surface area (Å²) in [5.41, 5.74) is 1.92. The van der Waals surface area contributed by atoms with Crippen molar-refractivity contribution in [3.8, 4) is 11.5 Å². The molecule has 0 aliphatic carbocycles. The van der Waals surface area contributed by atoms with Gasteiger partial charge in [0.1, 0.15) is 0 Å². The molecule has 0 aliphatic heterocycles. The van der Waals surface area contributed by atoms with E-state index in [1.54, 1.807) is 0 Å². The van der Waals surface area contributed by atoms with Crippen LogP contribution in [0.15, 0.2) is 28.8 Å². The maximum absolute atomic E-state index is 11.5. The van der Waals surface area contributed by atoms with E-state index in [1.165, 1.54) is 0 Å². The second-order valence-electron chi connectivity index (χ2n) is 3.84. The van der Waals surface area contributed by atoms with Crippen LogP contribution in [0.25, 0.3) is 11.5 Å². The van der Waals surface area contributed by atoms with Crippen molar-refractivity contribution in [3.63, 3.8) is 0 Å². The predicted octanol–water partition coefficient (Wildman–Crippen LogP) is 1.29. The van der Waals surface area contributed by atoms with Crippen LogP contribution in [0.4, 0.5) is 0 Å². The molecule has 1 aromatic heterocycles. The van der Waals surface area contributed by atoms with Crippen LogP contribution in [-0.4, -0.2) is 31.8 Å². The Kier molecular flexibility index (Phi) is 4.22. The number of hydrogen-bond donors (Lipinski definition) is 1. The Labute approximate surface area is 107 Å². The molecule has 2 rings (SSSR count). The van der Waals surface area contributed by atoms with Gasteiger partial charge in [-0.1, -0.05) is 23.4 Å². The van der Waals surface area contributed by atoms with Gasteiger partial charge in [0.15, 0.2) is 5.82 Å². The van der Waals surface area contributed by atoms with E-state index in [2.05, 4.69) is 10.1 Å². The molecule has 0 bridgehead atoms. The first kappa shape index (κ1) is 12.9. The number of aryl methyl sites for hydroxylation is 1. The minimum absolute atomic E-state index is 0.102. The van der Waals surface area contributed by atoms with Crippen molar-refractivity contribution in [1.82, 2.24) is 10.1 Å². The van der Waals surface area contributed by atoms with Gasteiger partial charge in [-0.2, -0.15) is 4.98 Å². The fourth-order valence-electron chi connectivity index (χ4n) is 1.55. The Morgan fingerprint density at radius 3 is 2.89 bits per heavy atom. The molecule has 0 radical (unpaired) electrons. The van der Waals surface area contributed by atoms with Gasteiger partial charge in [-0.15, -0.1) is 0 Å². The van der Waals surface area contributed by atoms with Gasteiger partial charge in [-0.05, 0) is 18.6 Å². The highest BCUT2D eigenvalue weighted by Gasteiger charge is 2.12. The molecule has 0 fully saturated rings. The molecule has 1 atom stereocenters. The second kappa shape index (κ2) is 5.88. The Morgan fingerprint density at radius 2 is 2.17 bits per heavy atom.